The molecule has 0 amide bonds. The fraction of sp³-hybridized carbons (Fsp3) is 0.583. The number of hydrogen-bond donors (Lipinski definition) is 1. The molecule has 1 atom stereocenters. The van der Waals surface area contributed by atoms with Crippen molar-refractivity contribution in [1.82, 2.24) is 9.29 Å². The molecule has 8 heteroatoms. The van der Waals surface area contributed by atoms with E-state index in [-0.39, 0.29) is 27.7 Å². The molecule has 0 radical (unpaired) electrons. The molecule has 0 aromatic carbocycles. The standard InChI is InChI=1S/C12H16Cl2N2O3S/c13-11-7-10(8-15-12(11)14)20(18,19)16-5-2-1-3-9(16)4-6-17/h7-9,17H,1-6H2. The summed E-state index contributed by atoms with van der Waals surface area (Å²) in [7, 11) is -3.66. The second-order valence-electron chi connectivity index (χ2n) is 4.72. The second kappa shape index (κ2) is 6.58. The Morgan fingerprint density at radius 2 is 2.15 bits per heavy atom. The quantitative estimate of drug-likeness (QED) is 0.855. The molecule has 1 aromatic heterocycles. The van der Waals surface area contributed by atoms with Gasteiger partial charge in [0.25, 0.3) is 0 Å². The molecule has 0 aliphatic carbocycles. The number of hydrogen-bond acceptors (Lipinski definition) is 4. The van der Waals surface area contributed by atoms with Gasteiger partial charge in [0, 0.05) is 25.4 Å². The van der Waals surface area contributed by atoms with Crippen LogP contribution in [0, 0.1) is 0 Å². The van der Waals surface area contributed by atoms with Gasteiger partial charge in [-0.25, -0.2) is 13.4 Å². The minimum absolute atomic E-state index is 0.0314. The van der Waals surface area contributed by atoms with Crippen LogP contribution in [0.2, 0.25) is 10.2 Å². The second-order valence-corrected chi connectivity index (χ2v) is 7.38. The number of nitrogens with zero attached hydrogens (tertiary/aromatic N) is 2. The summed E-state index contributed by atoms with van der Waals surface area (Å²) in [5, 5.41) is 9.27. The highest BCUT2D eigenvalue weighted by molar-refractivity contribution is 7.89. The van der Waals surface area contributed by atoms with Crippen LogP contribution in [0.15, 0.2) is 17.2 Å². The zero-order valence-corrected chi connectivity index (χ0v) is 13.1. The average molecular weight is 339 g/mol. The smallest absolute Gasteiger partial charge is 0.244 e. The Hall–Kier alpha value is -0.400. The predicted molar refractivity (Wildman–Crippen MR) is 77.5 cm³/mol. The first kappa shape index (κ1) is 16.0. The third-order valence-corrected chi connectivity index (χ3v) is 6.02. The van der Waals surface area contributed by atoms with Gasteiger partial charge in [-0.15, -0.1) is 0 Å². The van der Waals surface area contributed by atoms with Crippen molar-refractivity contribution in [1.29, 1.82) is 0 Å². The summed E-state index contributed by atoms with van der Waals surface area (Å²) >= 11 is 11.5. The molecule has 2 rings (SSSR count). The van der Waals surface area contributed by atoms with Gasteiger partial charge in [-0.3, -0.25) is 0 Å². The van der Waals surface area contributed by atoms with Crippen LogP contribution in [-0.4, -0.2) is 42.0 Å². The van der Waals surface area contributed by atoms with E-state index in [0.717, 1.165) is 19.3 Å². The molecule has 20 heavy (non-hydrogen) atoms. The number of rotatable bonds is 4. The van der Waals surface area contributed by atoms with E-state index >= 15 is 0 Å². The van der Waals surface area contributed by atoms with Crippen molar-refractivity contribution in [3.63, 3.8) is 0 Å². The lowest BCUT2D eigenvalue weighted by Crippen LogP contribution is -2.44. The summed E-state index contributed by atoms with van der Waals surface area (Å²) in [5.74, 6) is 0. The molecule has 1 N–H and O–H groups in total. The summed E-state index contributed by atoms with van der Waals surface area (Å²) in [6, 6.07) is 1.14. The van der Waals surface area contributed by atoms with Crippen LogP contribution < -0.4 is 0 Å². The van der Waals surface area contributed by atoms with Crippen molar-refractivity contribution < 1.29 is 13.5 Å². The fourth-order valence-corrected chi connectivity index (χ4v) is 4.44. The van der Waals surface area contributed by atoms with E-state index in [1.165, 1.54) is 16.6 Å². The zero-order valence-electron chi connectivity index (χ0n) is 10.8. The lowest BCUT2D eigenvalue weighted by molar-refractivity contribution is 0.192. The number of aliphatic hydroxyl groups is 1. The number of pyridine rings is 1. The Morgan fingerprint density at radius 3 is 2.80 bits per heavy atom. The largest absolute Gasteiger partial charge is 0.396 e. The van der Waals surface area contributed by atoms with E-state index in [1.807, 2.05) is 0 Å². The topological polar surface area (TPSA) is 70.5 Å². The van der Waals surface area contributed by atoms with Crippen LogP contribution in [0.1, 0.15) is 25.7 Å². The van der Waals surface area contributed by atoms with Crippen molar-refractivity contribution in [3.05, 3.63) is 22.4 Å². The van der Waals surface area contributed by atoms with Crippen LogP contribution in [0.25, 0.3) is 0 Å². The Morgan fingerprint density at radius 1 is 1.40 bits per heavy atom. The van der Waals surface area contributed by atoms with Gasteiger partial charge in [0.2, 0.25) is 10.0 Å². The highest BCUT2D eigenvalue weighted by Crippen LogP contribution is 2.29. The maximum atomic E-state index is 12.6. The molecule has 112 valence electrons. The van der Waals surface area contributed by atoms with Gasteiger partial charge < -0.3 is 5.11 Å². The number of aliphatic hydroxyl groups excluding tert-OH is 1. The summed E-state index contributed by atoms with van der Waals surface area (Å²) in [4.78, 5) is 3.83. The van der Waals surface area contributed by atoms with Crippen molar-refractivity contribution in [3.8, 4) is 0 Å². The number of aromatic nitrogens is 1. The Bertz CT molecular complexity index is 578. The van der Waals surface area contributed by atoms with Crippen molar-refractivity contribution in [2.45, 2.75) is 36.6 Å². The molecule has 0 spiro atoms. The lowest BCUT2D eigenvalue weighted by atomic mass is 10.0. The van der Waals surface area contributed by atoms with Crippen molar-refractivity contribution >= 4 is 33.2 Å². The van der Waals surface area contributed by atoms with Crippen LogP contribution in [-0.2, 0) is 10.0 Å². The summed E-state index contributed by atoms with van der Waals surface area (Å²) in [6.07, 6.45) is 4.20. The number of piperidine rings is 1. The summed E-state index contributed by atoms with van der Waals surface area (Å²) in [5.41, 5.74) is 0. The molecule has 5 nitrogen and oxygen atoms in total. The van der Waals surface area contributed by atoms with Gasteiger partial charge in [-0.1, -0.05) is 29.6 Å². The first-order valence-electron chi connectivity index (χ1n) is 6.40. The molecule has 1 unspecified atom stereocenters. The molecule has 1 aliphatic rings. The minimum Gasteiger partial charge on any atom is -0.396 e. The van der Waals surface area contributed by atoms with Gasteiger partial charge in [0.05, 0.1) is 5.02 Å². The predicted octanol–water partition coefficient (Wildman–Crippen LogP) is 2.31. The molecule has 1 aromatic rings. The van der Waals surface area contributed by atoms with E-state index in [9.17, 15) is 8.42 Å². The van der Waals surface area contributed by atoms with Gasteiger partial charge in [0.15, 0.2) is 0 Å². The van der Waals surface area contributed by atoms with Crippen LogP contribution in [0.4, 0.5) is 0 Å². The maximum absolute atomic E-state index is 12.6. The third-order valence-electron chi connectivity index (χ3n) is 3.41. The van der Waals surface area contributed by atoms with Crippen molar-refractivity contribution in [2.75, 3.05) is 13.2 Å². The molecule has 1 fully saturated rings. The van der Waals surface area contributed by atoms with Crippen molar-refractivity contribution in [2.24, 2.45) is 0 Å². The SMILES string of the molecule is O=S(=O)(c1cnc(Cl)c(Cl)c1)N1CCCCC1CCO. The monoisotopic (exact) mass is 338 g/mol. The van der Waals surface area contributed by atoms with E-state index in [1.54, 1.807) is 0 Å². The number of sulfonamides is 1. The summed E-state index contributed by atoms with van der Waals surface area (Å²) in [6.45, 7) is 0.420. The normalized spacial score (nSPS) is 21.1. The van der Waals surface area contributed by atoms with E-state index in [2.05, 4.69) is 4.98 Å². The van der Waals surface area contributed by atoms with Gasteiger partial charge in [-0.05, 0) is 25.3 Å². The maximum Gasteiger partial charge on any atom is 0.244 e. The first-order valence-corrected chi connectivity index (χ1v) is 8.60. The molecule has 1 aliphatic heterocycles. The molecule has 0 bridgehead atoms. The summed E-state index contributed by atoms with van der Waals surface area (Å²) < 4.78 is 26.7. The molecular weight excluding hydrogens is 323 g/mol. The fourth-order valence-electron chi connectivity index (χ4n) is 2.41. The highest BCUT2D eigenvalue weighted by atomic mass is 35.5. The molecule has 0 saturated carbocycles. The Labute approximate surface area is 128 Å². The lowest BCUT2D eigenvalue weighted by Gasteiger charge is -2.34. The Kier molecular flexibility index (Phi) is 5.25. The van der Waals surface area contributed by atoms with Crippen LogP contribution in [0.3, 0.4) is 0 Å². The highest BCUT2D eigenvalue weighted by Gasteiger charge is 2.33. The first-order chi connectivity index (χ1) is 9.46. The Balaban J connectivity index is 2.34. The average Bonchev–Trinajstić information content (AvgIpc) is 2.42. The zero-order chi connectivity index (χ0) is 14.8. The van der Waals surface area contributed by atoms with Gasteiger partial charge in [-0.2, -0.15) is 4.31 Å². The van der Waals surface area contributed by atoms with E-state index in [4.69, 9.17) is 28.3 Å². The third kappa shape index (κ3) is 3.26. The van der Waals surface area contributed by atoms with Gasteiger partial charge >= 0.3 is 0 Å². The van der Waals surface area contributed by atoms with Crippen LogP contribution >= 0.6 is 23.2 Å². The molecule has 2 heterocycles. The molecule has 1 saturated heterocycles. The van der Waals surface area contributed by atoms with Crippen LogP contribution in [0.5, 0.6) is 0 Å². The number of halogens is 2. The van der Waals surface area contributed by atoms with E-state index in [0.29, 0.717) is 13.0 Å². The van der Waals surface area contributed by atoms with Gasteiger partial charge in [0.1, 0.15) is 10.0 Å². The van der Waals surface area contributed by atoms with E-state index < -0.39 is 10.0 Å². The molecular formula is C12H16Cl2N2O3S. The minimum atomic E-state index is -3.66.